The SMILES string of the molecule is CC(=O)OCC(=O)C(=O)OCc1ccccc1. The molecule has 5 nitrogen and oxygen atoms in total. The molecule has 0 spiro atoms. The molecule has 5 heteroatoms. The third kappa shape index (κ3) is 4.92. The maximum absolute atomic E-state index is 11.2. The van der Waals surface area contributed by atoms with Crippen molar-refractivity contribution >= 4 is 17.7 Å². The van der Waals surface area contributed by atoms with Gasteiger partial charge in [0.05, 0.1) is 0 Å². The van der Waals surface area contributed by atoms with E-state index >= 15 is 0 Å². The molecular formula is C12H12O5. The average Bonchev–Trinajstić information content (AvgIpc) is 2.34. The quantitative estimate of drug-likeness (QED) is 0.560. The first-order valence-electron chi connectivity index (χ1n) is 4.97. The summed E-state index contributed by atoms with van der Waals surface area (Å²) in [6.45, 7) is 0.594. The Kier molecular flexibility index (Phi) is 4.87. The molecule has 90 valence electrons. The summed E-state index contributed by atoms with van der Waals surface area (Å²) < 4.78 is 9.13. The summed E-state index contributed by atoms with van der Waals surface area (Å²) in [4.78, 5) is 32.7. The third-order valence-corrected chi connectivity index (χ3v) is 1.85. The lowest BCUT2D eigenvalue weighted by Crippen LogP contribution is -2.23. The Hall–Kier alpha value is -2.17. The second-order valence-corrected chi connectivity index (χ2v) is 3.27. The Morgan fingerprint density at radius 2 is 1.71 bits per heavy atom. The Morgan fingerprint density at radius 3 is 2.29 bits per heavy atom. The molecular weight excluding hydrogens is 224 g/mol. The van der Waals surface area contributed by atoms with Crippen LogP contribution < -0.4 is 0 Å². The number of carbonyl (C=O) groups is 3. The summed E-state index contributed by atoms with van der Waals surface area (Å²) in [5.74, 6) is -2.50. The van der Waals surface area contributed by atoms with Crippen LogP contribution in [0.5, 0.6) is 0 Å². The van der Waals surface area contributed by atoms with Crippen LogP contribution in [-0.4, -0.2) is 24.3 Å². The van der Waals surface area contributed by atoms with Gasteiger partial charge in [-0.2, -0.15) is 0 Å². The molecule has 0 aliphatic rings. The molecule has 0 saturated carbocycles. The number of ether oxygens (including phenoxy) is 2. The van der Waals surface area contributed by atoms with Crippen molar-refractivity contribution in [1.82, 2.24) is 0 Å². The number of hydrogen-bond donors (Lipinski definition) is 0. The molecule has 0 aliphatic carbocycles. The van der Waals surface area contributed by atoms with E-state index in [0.717, 1.165) is 12.5 Å². The van der Waals surface area contributed by atoms with Gasteiger partial charge < -0.3 is 9.47 Å². The van der Waals surface area contributed by atoms with Crippen molar-refractivity contribution in [2.45, 2.75) is 13.5 Å². The molecule has 0 bridgehead atoms. The molecule has 1 aromatic rings. The van der Waals surface area contributed by atoms with E-state index in [1.165, 1.54) is 0 Å². The predicted octanol–water partition coefficient (Wildman–Crippen LogP) is 0.862. The number of hydrogen-bond acceptors (Lipinski definition) is 5. The van der Waals surface area contributed by atoms with Crippen molar-refractivity contribution in [2.75, 3.05) is 6.61 Å². The first-order chi connectivity index (χ1) is 8.09. The normalized spacial score (nSPS) is 9.47. The molecule has 0 N–H and O–H groups in total. The van der Waals surface area contributed by atoms with Gasteiger partial charge in [-0.05, 0) is 5.56 Å². The lowest BCUT2D eigenvalue weighted by molar-refractivity contribution is -0.159. The van der Waals surface area contributed by atoms with Crippen LogP contribution in [0.15, 0.2) is 30.3 Å². The number of benzene rings is 1. The number of rotatable bonds is 5. The van der Waals surface area contributed by atoms with Crippen molar-refractivity contribution in [3.63, 3.8) is 0 Å². The average molecular weight is 236 g/mol. The molecule has 0 amide bonds. The number of carbonyl (C=O) groups excluding carboxylic acids is 3. The highest BCUT2D eigenvalue weighted by Crippen LogP contribution is 2.00. The summed E-state index contributed by atoms with van der Waals surface area (Å²) in [5, 5.41) is 0. The molecule has 17 heavy (non-hydrogen) atoms. The van der Waals surface area contributed by atoms with Crippen LogP contribution in [-0.2, 0) is 30.5 Å². The van der Waals surface area contributed by atoms with Crippen LogP contribution in [0.25, 0.3) is 0 Å². The van der Waals surface area contributed by atoms with Crippen molar-refractivity contribution in [3.05, 3.63) is 35.9 Å². The first-order valence-corrected chi connectivity index (χ1v) is 4.97. The third-order valence-electron chi connectivity index (χ3n) is 1.85. The summed E-state index contributed by atoms with van der Waals surface area (Å²) >= 11 is 0. The summed E-state index contributed by atoms with van der Waals surface area (Å²) in [5.41, 5.74) is 0.779. The minimum Gasteiger partial charge on any atom is -0.457 e. The first kappa shape index (κ1) is 12.9. The van der Waals surface area contributed by atoms with E-state index in [-0.39, 0.29) is 6.61 Å². The molecule has 0 saturated heterocycles. The molecule has 0 aliphatic heterocycles. The number of Topliss-reactive ketones (excluding diaryl/α,β-unsaturated/α-hetero) is 1. The fourth-order valence-corrected chi connectivity index (χ4v) is 1.03. The van der Waals surface area contributed by atoms with Gasteiger partial charge in [-0.15, -0.1) is 0 Å². The molecule has 0 atom stereocenters. The fourth-order valence-electron chi connectivity index (χ4n) is 1.03. The summed E-state index contributed by atoms with van der Waals surface area (Å²) in [6.07, 6.45) is 0. The Balaban J connectivity index is 2.34. The van der Waals surface area contributed by atoms with Crippen LogP contribution in [0.4, 0.5) is 0 Å². The van der Waals surface area contributed by atoms with E-state index in [1.807, 2.05) is 6.07 Å². The van der Waals surface area contributed by atoms with Gasteiger partial charge in [0.2, 0.25) is 0 Å². The fraction of sp³-hybridized carbons (Fsp3) is 0.250. The number of esters is 2. The van der Waals surface area contributed by atoms with Gasteiger partial charge >= 0.3 is 11.9 Å². The zero-order valence-corrected chi connectivity index (χ0v) is 9.34. The molecule has 0 heterocycles. The maximum Gasteiger partial charge on any atom is 0.378 e. The highest BCUT2D eigenvalue weighted by molar-refractivity contribution is 6.34. The Labute approximate surface area is 98.3 Å². The maximum atomic E-state index is 11.2. The van der Waals surface area contributed by atoms with Gasteiger partial charge in [0, 0.05) is 6.92 Å². The zero-order valence-electron chi connectivity index (χ0n) is 9.34. The molecule has 0 aromatic heterocycles. The largest absolute Gasteiger partial charge is 0.457 e. The predicted molar refractivity (Wildman–Crippen MR) is 57.9 cm³/mol. The summed E-state index contributed by atoms with van der Waals surface area (Å²) in [7, 11) is 0. The highest BCUT2D eigenvalue weighted by Gasteiger charge is 2.16. The van der Waals surface area contributed by atoms with Crippen molar-refractivity contribution < 1.29 is 23.9 Å². The summed E-state index contributed by atoms with van der Waals surface area (Å²) in [6, 6.07) is 8.96. The lowest BCUT2D eigenvalue weighted by atomic mass is 10.2. The van der Waals surface area contributed by atoms with Gasteiger partial charge in [0.1, 0.15) is 6.61 Å². The van der Waals surface area contributed by atoms with Crippen LogP contribution >= 0.6 is 0 Å². The van der Waals surface area contributed by atoms with E-state index < -0.39 is 24.3 Å². The van der Waals surface area contributed by atoms with E-state index in [0.29, 0.717) is 0 Å². The zero-order chi connectivity index (χ0) is 12.7. The lowest BCUT2D eigenvalue weighted by Gasteiger charge is -2.04. The van der Waals surface area contributed by atoms with E-state index in [4.69, 9.17) is 4.74 Å². The van der Waals surface area contributed by atoms with Gasteiger partial charge in [-0.1, -0.05) is 30.3 Å². The van der Waals surface area contributed by atoms with Crippen LogP contribution in [0, 0.1) is 0 Å². The van der Waals surface area contributed by atoms with E-state index in [2.05, 4.69) is 4.74 Å². The Morgan fingerprint density at radius 1 is 1.06 bits per heavy atom. The smallest absolute Gasteiger partial charge is 0.378 e. The van der Waals surface area contributed by atoms with Gasteiger partial charge in [0.15, 0.2) is 6.61 Å². The molecule has 1 rings (SSSR count). The van der Waals surface area contributed by atoms with Gasteiger partial charge in [-0.3, -0.25) is 9.59 Å². The van der Waals surface area contributed by atoms with E-state index in [9.17, 15) is 14.4 Å². The number of ketones is 1. The van der Waals surface area contributed by atoms with Crippen molar-refractivity contribution in [3.8, 4) is 0 Å². The minimum absolute atomic E-state index is 0.0193. The Bertz CT molecular complexity index is 410. The topological polar surface area (TPSA) is 69.7 Å². The van der Waals surface area contributed by atoms with Crippen LogP contribution in [0.1, 0.15) is 12.5 Å². The highest BCUT2D eigenvalue weighted by atomic mass is 16.6. The van der Waals surface area contributed by atoms with Crippen LogP contribution in [0.3, 0.4) is 0 Å². The molecule has 0 fully saturated rings. The van der Waals surface area contributed by atoms with Gasteiger partial charge in [0.25, 0.3) is 5.78 Å². The van der Waals surface area contributed by atoms with Crippen LogP contribution in [0.2, 0.25) is 0 Å². The van der Waals surface area contributed by atoms with Gasteiger partial charge in [-0.25, -0.2) is 4.79 Å². The second kappa shape index (κ2) is 6.42. The second-order valence-electron chi connectivity index (χ2n) is 3.27. The molecule has 0 unspecified atom stereocenters. The standard InChI is InChI=1S/C12H12O5/c1-9(13)16-8-11(14)12(15)17-7-10-5-3-2-4-6-10/h2-6H,7-8H2,1H3. The minimum atomic E-state index is -1.00. The molecule has 0 radical (unpaired) electrons. The van der Waals surface area contributed by atoms with E-state index in [1.54, 1.807) is 24.3 Å². The van der Waals surface area contributed by atoms with Crippen molar-refractivity contribution in [1.29, 1.82) is 0 Å². The van der Waals surface area contributed by atoms with Crippen molar-refractivity contribution in [2.24, 2.45) is 0 Å². The molecule has 1 aromatic carbocycles. The monoisotopic (exact) mass is 236 g/mol.